The maximum Gasteiger partial charge on any atom is 0.246 e. The van der Waals surface area contributed by atoms with Gasteiger partial charge < -0.3 is 10.2 Å². The summed E-state index contributed by atoms with van der Waals surface area (Å²) in [4.78, 5) is 30.3. The maximum atomic E-state index is 14.6. The fourth-order valence-electron chi connectivity index (χ4n) is 4.44. The lowest BCUT2D eigenvalue weighted by molar-refractivity contribution is -0.140. The van der Waals surface area contributed by atoms with Gasteiger partial charge in [-0.05, 0) is 54.3 Å². The predicted octanol–water partition coefficient (Wildman–Crippen LogP) is 4.17. The minimum Gasteiger partial charge on any atom is -0.343 e. The molecule has 0 bridgehead atoms. The number of carbonyl (C=O) groups is 2. The van der Waals surface area contributed by atoms with E-state index in [1.54, 1.807) is 4.90 Å². The lowest BCUT2D eigenvalue weighted by Crippen LogP contribution is -2.57. The molecule has 1 fully saturated rings. The molecule has 0 aromatic heterocycles. The zero-order valence-electron chi connectivity index (χ0n) is 19.9. The molecule has 0 unspecified atom stereocenters. The van der Waals surface area contributed by atoms with E-state index in [9.17, 15) is 18.4 Å². The molecule has 0 saturated carbocycles. The summed E-state index contributed by atoms with van der Waals surface area (Å²) >= 11 is 0. The van der Waals surface area contributed by atoms with Crippen LogP contribution in [0.2, 0.25) is 0 Å². The zero-order chi connectivity index (χ0) is 24.5. The number of likely N-dealkylation sites (tertiary alicyclic amines) is 1. The summed E-state index contributed by atoms with van der Waals surface area (Å²) in [5.41, 5.74) is 1.00. The fourth-order valence-corrected chi connectivity index (χ4v) is 4.44. The lowest BCUT2D eigenvalue weighted by atomic mass is 9.85. The van der Waals surface area contributed by atoms with Gasteiger partial charge >= 0.3 is 0 Å². The van der Waals surface area contributed by atoms with Gasteiger partial charge in [0.25, 0.3) is 0 Å². The van der Waals surface area contributed by atoms with Gasteiger partial charge in [0.15, 0.2) is 0 Å². The largest absolute Gasteiger partial charge is 0.343 e. The summed E-state index contributed by atoms with van der Waals surface area (Å²) in [6.07, 6.45) is 2.89. The van der Waals surface area contributed by atoms with Crippen molar-refractivity contribution in [2.45, 2.75) is 39.3 Å². The smallest absolute Gasteiger partial charge is 0.246 e. The molecule has 34 heavy (non-hydrogen) atoms. The van der Waals surface area contributed by atoms with Gasteiger partial charge in [0.2, 0.25) is 11.8 Å². The van der Waals surface area contributed by atoms with Crippen LogP contribution in [0.25, 0.3) is 5.57 Å². The van der Waals surface area contributed by atoms with E-state index < -0.39 is 29.1 Å². The van der Waals surface area contributed by atoms with Crippen molar-refractivity contribution in [2.75, 3.05) is 26.2 Å². The van der Waals surface area contributed by atoms with Crippen LogP contribution < -0.4 is 5.32 Å². The van der Waals surface area contributed by atoms with E-state index in [-0.39, 0.29) is 30.5 Å². The Bertz CT molecular complexity index is 1090. The SMILES string of the molecule is CC(C)(C)[C@H](NC(=O)CN1CCC1)C(=O)N1CC(c2cc(F)ccc2F)=C[C@H]1c1ccccc1. The van der Waals surface area contributed by atoms with Gasteiger partial charge in [-0.3, -0.25) is 14.5 Å². The number of benzene rings is 2. The summed E-state index contributed by atoms with van der Waals surface area (Å²) in [5, 5.41) is 2.95. The number of rotatable bonds is 6. The van der Waals surface area contributed by atoms with Gasteiger partial charge in [-0.2, -0.15) is 0 Å². The maximum absolute atomic E-state index is 14.6. The summed E-state index contributed by atoms with van der Waals surface area (Å²) in [6.45, 7) is 7.88. The van der Waals surface area contributed by atoms with E-state index >= 15 is 0 Å². The number of nitrogens with one attached hydrogen (secondary N) is 1. The average Bonchev–Trinajstić information content (AvgIpc) is 3.21. The van der Waals surface area contributed by atoms with Crippen LogP contribution in [0, 0.1) is 17.0 Å². The summed E-state index contributed by atoms with van der Waals surface area (Å²) in [5.74, 6) is -1.51. The highest BCUT2D eigenvalue weighted by Gasteiger charge is 2.40. The minimum atomic E-state index is -0.766. The third-order valence-corrected chi connectivity index (χ3v) is 6.47. The van der Waals surface area contributed by atoms with Crippen LogP contribution in [0.4, 0.5) is 8.78 Å². The summed E-state index contributed by atoms with van der Waals surface area (Å²) in [6, 6.07) is 11.6. The highest BCUT2D eigenvalue weighted by atomic mass is 19.1. The second kappa shape index (κ2) is 9.66. The van der Waals surface area contributed by atoms with Crippen molar-refractivity contribution in [3.05, 3.63) is 77.4 Å². The number of hydrogen-bond donors (Lipinski definition) is 1. The first-order valence-electron chi connectivity index (χ1n) is 11.7. The van der Waals surface area contributed by atoms with E-state index in [1.165, 1.54) is 0 Å². The van der Waals surface area contributed by atoms with E-state index in [0.29, 0.717) is 5.57 Å². The molecule has 2 atom stereocenters. The molecule has 180 valence electrons. The van der Waals surface area contributed by atoms with Gasteiger partial charge in [0.05, 0.1) is 12.6 Å². The quantitative estimate of drug-likeness (QED) is 0.694. The Kier molecular flexibility index (Phi) is 6.84. The first-order valence-corrected chi connectivity index (χ1v) is 11.7. The number of halogens is 2. The number of amides is 2. The van der Waals surface area contributed by atoms with Gasteiger partial charge in [0, 0.05) is 12.1 Å². The molecular formula is C27H31F2N3O2. The van der Waals surface area contributed by atoms with Gasteiger partial charge in [-0.1, -0.05) is 57.2 Å². The molecular weight excluding hydrogens is 436 g/mol. The van der Waals surface area contributed by atoms with E-state index in [1.807, 2.05) is 62.1 Å². The monoisotopic (exact) mass is 467 g/mol. The van der Waals surface area contributed by atoms with Gasteiger partial charge in [0.1, 0.15) is 17.7 Å². The Morgan fingerprint density at radius 3 is 2.41 bits per heavy atom. The number of carbonyl (C=O) groups excluding carboxylic acids is 2. The van der Waals surface area contributed by atoms with Crippen molar-refractivity contribution < 1.29 is 18.4 Å². The van der Waals surface area contributed by atoms with Crippen LogP contribution in [0.5, 0.6) is 0 Å². The second-order valence-corrected chi connectivity index (χ2v) is 10.1. The van der Waals surface area contributed by atoms with Crippen LogP contribution >= 0.6 is 0 Å². The lowest BCUT2D eigenvalue weighted by Gasteiger charge is -2.37. The summed E-state index contributed by atoms with van der Waals surface area (Å²) < 4.78 is 28.5. The molecule has 5 nitrogen and oxygen atoms in total. The van der Waals surface area contributed by atoms with Crippen LogP contribution in [-0.2, 0) is 9.59 Å². The van der Waals surface area contributed by atoms with Gasteiger partial charge in [-0.15, -0.1) is 0 Å². The first kappa shape index (κ1) is 24.1. The molecule has 1 N–H and O–H groups in total. The van der Waals surface area contributed by atoms with Crippen LogP contribution in [0.15, 0.2) is 54.6 Å². The van der Waals surface area contributed by atoms with E-state index in [4.69, 9.17) is 0 Å². The highest BCUT2D eigenvalue weighted by molar-refractivity contribution is 5.91. The molecule has 7 heteroatoms. The third-order valence-electron chi connectivity index (χ3n) is 6.47. The molecule has 0 aliphatic carbocycles. The van der Waals surface area contributed by atoms with Crippen molar-refractivity contribution in [3.63, 3.8) is 0 Å². The molecule has 2 amide bonds. The first-order chi connectivity index (χ1) is 16.1. The molecule has 0 spiro atoms. The van der Waals surface area contributed by atoms with Crippen LogP contribution in [0.1, 0.15) is 44.4 Å². The Hall–Kier alpha value is -3.06. The van der Waals surface area contributed by atoms with Crippen molar-refractivity contribution in [1.82, 2.24) is 15.1 Å². The Morgan fingerprint density at radius 1 is 1.09 bits per heavy atom. The zero-order valence-corrected chi connectivity index (χ0v) is 19.9. The molecule has 1 saturated heterocycles. The Labute approximate surface area is 199 Å². The number of hydrogen-bond acceptors (Lipinski definition) is 3. The Morgan fingerprint density at radius 2 is 1.79 bits per heavy atom. The van der Waals surface area contributed by atoms with Crippen molar-refractivity contribution >= 4 is 17.4 Å². The van der Waals surface area contributed by atoms with Gasteiger partial charge in [-0.25, -0.2) is 8.78 Å². The van der Waals surface area contributed by atoms with E-state index in [2.05, 4.69) is 5.32 Å². The number of nitrogens with zero attached hydrogens (tertiary/aromatic N) is 2. The minimum absolute atomic E-state index is 0.118. The van der Waals surface area contributed by atoms with Crippen molar-refractivity contribution in [2.24, 2.45) is 5.41 Å². The molecule has 2 aliphatic heterocycles. The topological polar surface area (TPSA) is 52.7 Å². The fraction of sp³-hybridized carbons (Fsp3) is 0.407. The standard InChI is InChI=1S/C27H31F2N3O2/c1-27(2,3)25(30-24(33)17-31-12-7-13-31)26(34)32-16-19(21-15-20(28)10-11-22(21)29)14-23(32)18-8-5-4-6-9-18/h4-6,8-11,14-15,23,25H,7,12-13,16-17H2,1-3H3,(H,30,33)/t23-,25+/m0/s1. The second-order valence-electron chi connectivity index (χ2n) is 10.1. The third kappa shape index (κ3) is 5.20. The average molecular weight is 468 g/mol. The molecule has 4 rings (SSSR count). The normalized spacial score (nSPS) is 19.4. The molecule has 2 aromatic carbocycles. The Balaban J connectivity index is 1.64. The van der Waals surface area contributed by atoms with Crippen molar-refractivity contribution in [1.29, 1.82) is 0 Å². The molecule has 0 radical (unpaired) electrons. The molecule has 2 aromatic rings. The molecule has 2 aliphatic rings. The predicted molar refractivity (Wildman–Crippen MR) is 128 cm³/mol. The molecule has 2 heterocycles. The van der Waals surface area contributed by atoms with Crippen molar-refractivity contribution in [3.8, 4) is 0 Å². The van der Waals surface area contributed by atoms with E-state index in [0.717, 1.165) is 43.3 Å². The summed E-state index contributed by atoms with van der Waals surface area (Å²) in [7, 11) is 0. The highest BCUT2D eigenvalue weighted by Crippen LogP contribution is 2.37. The van der Waals surface area contributed by atoms with Crippen LogP contribution in [0.3, 0.4) is 0 Å². The van der Waals surface area contributed by atoms with Crippen LogP contribution in [-0.4, -0.2) is 53.8 Å².